The average Bonchev–Trinajstić information content (AvgIpc) is 2.87. The zero-order valence-corrected chi connectivity index (χ0v) is 21.9. The van der Waals surface area contributed by atoms with Gasteiger partial charge in [-0.1, -0.05) is 53.5 Å². The molecule has 0 aliphatic carbocycles. The predicted molar refractivity (Wildman–Crippen MR) is 144 cm³/mol. The van der Waals surface area contributed by atoms with E-state index in [9.17, 15) is 14.9 Å². The Morgan fingerprint density at radius 1 is 1.19 bits per heavy atom. The van der Waals surface area contributed by atoms with Gasteiger partial charge in [0.1, 0.15) is 18.2 Å². The highest BCUT2D eigenvalue weighted by molar-refractivity contribution is 9.10. The first kappa shape index (κ1) is 25.5. The number of non-ortho nitro benzene ring substituents is 1. The molecular weight excluding hydrogens is 548 g/mol. The van der Waals surface area contributed by atoms with E-state index in [4.69, 9.17) is 16.3 Å². The van der Waals surface area contributed by atoms with Crippen LogP contribution in [0.3, 0.4) is 0 Å². The number of ether oxygens (including phenoxy) is 1. The Balaban J connectivity index is 1.78. The van der Waals surface area contributed by atoms with Crippen LogP contribution in [0.2, 0.25) is 5.02 Å². The molecule has 10 heteroatoms. The number of fused-ring (bicyclic) bond motifs is 1. The van der Waals surface area contributed by atoms with E-state index >= 15 is 0 Å². The summed E-state index contributed by atoms with van der Waals surface area (Å²) in [5.74, 6) is 0.838. The Kier molecular flexibility index (Phi) is 7.81. The van der Waals surface area contributed by atoms with Gasteiger partial charge in [-0.05, 0) is 48.4 Å². The van der Waals surface area contributed by atoms with Gasteiger partial charge in [-0.15, -0.1) is 0 Å². The van der Waals surface area contributed by atoms with Crippen molar-refractivity contribution < 1.29 is 9.66 Å². The van der Waals surface area contributed by atoms with Crippen molar-refractivity contribution in [2.75, 3.05) is 0 Å². The lowest BCUT2D eigenvalue weighted by atomic mass is 10.1. The SMILES string of the molecule is CC[C@@H](C)c1nc2ccc(Br)cc2c(=O)n1N=Cc1cc([N+](=O)[O-])ccc1OCc1ccc(Cl)cc1. The van der Waals surface area contributed by atoms with Gasteiger partial charge in [-0.25, -0.2) is 4.98 Å². The van der Waals surface area contributed by atoms with Crippen LogP contribution in [0.15, 0.2) is 75.0 Å². The molecule has 4 aromatic rings. The summed E-state index contributed by atoms with van der Waals surface area (Å²) in [5, 5.41) is 16.9. The molecule has 1 heterocycles. The first-order valence-corrected chi connectivity index (χ1v) is 12.4. The van der Waals surface area contributed by atoms with Crippen molar-refractivity contribution in [1.82, 2.24) is 9.66 Å². The highest BCUT2D eigenvalue weighted by atomic mass is 79.9. The fraction of sp³-hybridized carbons (Fsp3) is 0.192. The monoisotopic (exact) mass is 568 g/mol. The highest BCUT2D eigenvalue weighted by Crippen LogP contribution is 2.25. The number of nitro benzene ring substituents is 1. The standard InChI is InChI=1S/C26H22BrClN4O4/c1-3-16(2)25-30-23-10-6-19(27)13-22(23)26(33)31(25)29-14-18-12-21(32(34)35)9-11-24(18)36-15-17-4-7-20(28)8-5-17/h4-14,16H,3,15H2,1-2H3/t16-/m1/s1. The maximum absolute atomic E-state index is 13.4. The van der Waals surface area contributed by atoms with Gasteiger partial charge in [-0.3, -0.25) is 14.9 Å². The number of aromatic nitrogens is 2. The lowest BCUT2D eigenvalue weighted by Gasteiger charge is -2.14. The average molecular weight is 570 g/mol. The van der Waals surface area contributed by atoms with Crippen LogP contribution in [0, 0.1) is 10.1 Å². The highest BCUT2D eigenvalue weighted by Gasteiger charge is 2.17. The summed E-state index contributed by atoms with van der Waals surface area (Å²) in [6.07, 6.45) is 2.14. The Morgan fingerprint density at radius 2 is 1.94 bits per heavy atom. The molecule has 0 aliphatic heterocycles. The third kappa shape index (κ3) is 5.63. The van der Waals surface area contributed by atoms with Crippen molar-refractivity contribution in [3.63, 3.8) is 0 Å². The second kappa shape index (κ2) is 11.0. The molecule has 1 aromatic heterocycles. The minimum absolute atomic E-state index is 0.0476. The van der Waals surface area contributed by atoms with Crippen LogP contribution in [0.4, 0.5) is 5.69 Å². The molecule has 0 aliphatic rings. The summed E-state index contributed by atoms with van der Waals surface area (Å²) in [5.41, 5.74) is 1.36. The Labute approximate surface area is 220 Å². The number of benzene rings is 3. The number of halogens is 2. The van der Waals surface area contributed by atoms with Gasteiger partial charge < -0.3 is 4.74 Å². The van der Waals surface area contributed by atoms with Crippen LogP contribution in [0.5, 0.6) is 5.75 Å². The summed E-state index contributed by atoms with van der Waals surface area (Å²) < 4.78 is 7.94. The topological polar surface area (TPSA) is 99.6 Å². The lowest BCUT2D eigenvalue weighted by molar-refractivity contribution is -0.384. The summed E-state index contributed by atoms with van der Waals surface area (Å²) in [6, 6.07) is 16.7. The number of hydrogen-bond acceptors (Lipinski definition) is 6. The Hall–Kier alpha value is -3.56. The minimum atomic E-state index is -0.494. The molecule has 0 saturated heterocycles. The molecule has 36 heavy (non-hydrogen) atoms. The first-order valence-electron chi connectivity index (χ1n) is 11.2. The lowest BCUT2D eigenvalue weighted by Crippen LogP contribution is -2.23. The quantitative estimate of drug-likeness (QED) is 0.134. The van der Waals surface area contributed by atoms with Gasteiger partial charge in [0, 0.05) is 33.1 Å². The molecule has 0 saturated carbocycles. The number of hydrogen-bond donors (Lipinski definition) is 0. The smallest absolute Gasteiger partial charge is 0.282 e. The fourth-order valence-electron chi connectivity index (χ4n) is 3.52. The van der Waals surface area contributed by atoms with E-state index in [-0.39, 0.29) is 23.8 Å². The third-order valence-electron chi connectivity index (χ3n) is 5.71. The molecule has 0 N–H and O–H groups in total. The van der Waals surface area contributed by atoms with Crippen LogP contribution < -0.4 is 10.3 Å². The molecule has 8 nitrogen and oxygen atoms in total. The van der Waals surface area contributed by atoms with Crippen molar-refractivity contribution in [2.24, 2.45) is 5.10 Å². The molecule has 0 spiro atoms. The van der Waals surface area contributed by atoms with Crippen LogP contribution >= 0.6 is 27.5 Å². The van der Waals surface area contributed by atoms with Gasteiger partial charge >= 0.3 is 0 Å². The van der Waals surface area contributed by atoms with E-state index in [1.54, 1.807) is 24.3 Å². The fourth-order valence-corrected chi connectivity index (χ4v) is 4.01. The largest absolute Gasteiger partial charge is 0.488 e. The molecule has 1 atom stereocenters. The van der Waals surface area contributed by atoms with E-state index < -0.39 is 4.92 Å². The zero-order valence-electron chi connectivity index (χ0n) is 19.5. The predicted octanol–water partition coefficient (Wildman–Crippen LogP) is 6.70. The van der Waals surface area contributed by atoms with Crippen LogP contribution in [-0.4, -0.2) is 20.8 Å². The van der Waals surface area contributed by atoms with Crippen molar-refractivity contribution in [3.05, 3.63) is 108 Å². The van der Waals surface area contributed by atoms with Gasteiger partial charge in [0.2, 0.25) is 0 Å². The molecule has 0 amide bonds. The van der Waals surface area contributed by atoms with Gasteiger partial charge in [0.05, 0.1) is 22.0 Å². The third-order valence-corrected chi connectivity index (χ3v) is 6.46. The number of nitro groups is 1. The molecule has 184 valence electrons. The maximum Gasteiger partial charge on any atom is 0.282 e. The summed E-state index contributed by atoms with van der Waals surface area (Å²) >= 11 is 9.34. The summed E-state index contributed by atoms with van der Waals surface area (Å²) in [4.78, 5) is 29.0. The molecule has 0 unspecified atom stereocenters. The molecule has 3 aromatic carbocycles. The first-order chi connectivity index (χ1) is 17.3. The summed E-state index contributed by atoms with van der Waals surface area (Å²) in [6.45, 7) is 4.19. The minimum Gasteiger partial charge on any atom is -0.488 e. The van der Waals surface area contributed by atoms with E-state index in [1.165, 1.54) is 29.1 Å². The van der Waals surface area contributed by atoms with E-state index in [0.717, 1.165) is 16.5 Å². The molecule has 0 bridgehead atoms. The second-order valence-corrected chi connectivity index (χ2v) is 9.55. The molecule has 4 rings (SSSR count). The number of rotatable bonds is 8. The normalized spacial score (nSPS) is 12.2. The maximum atomic E-state index is 13.4. The molecule has 0 radical (unpaired) electrons. The van der Waals surface area contributed by atoms with Crippen molar-refractivity contribution in [3.8, 4) is 5.75 Å². The zero-order chi connectivity index (χ0) is 25.8. The van der Waals surface area contributed by atoms with Gasteiger partial charge in [0.25, 0.3) is 11.2 Å². The van der Waals surface area contributed by atoms with Crippen molar-refractivity contribution in [1.29, 1.82) is 0 Å². The Bertz CT molecular complexity index is 1520. The molecular formula is C26H22BrClN4O4. The van der Waals surface area contributed by atoms with Gasteiger partial charge in [-0.2, -0.15) is 9.78 Å². The molecule has 0 fully saturated rings. The Morgan fingerprint density at radius 3 is 2.64 bits per heavy atom. The second-order valence-electron chi connectivity index (χ2n) is 8.20. The van der Waals surface area contributed by atoms with Crippen LogP contribution in [0.1, 0.15) is 43.1 Å². The van der Waals surface area contributed by atoms with Crippen molar-refractivity contribution in [2.45, 2.75) is 32.8 Å². The van der Waals surface area contributed by atoms with Crippen LogP contribution in [-0.2, 0) is 6.61 Å². The van der Waals surface area contributed by atoms with Crippen LogP contribution in [0.25, 0.3) is 10.9 Å². The summed E-state index contributed by atoms with van der Waals surface area (Å²) in [7, 11) is 0. The van der Waals surface area contributed by atoms with Crippen molar-refractivity contribution >= 4 is 50.3 Å². The van der Waals surface area contributed by atoms with E-state index in [1.807, 2.05) is 32.0 Å². The number of nitrogens with zero attached hydrogens (tertiary/aromatic N) is 4. The van der Waals surface area contributed by atoms with E-state index in [0.29, 0.717) is 33.1 Å². The van der Waals surface area contributed by atoms with Gasteiger partial charge in [0.15, 0.2) is 0 Å². The van der Waals surface area contributed by atoms with E-state index in [2.05, 4.69) is 26.0 Å².